The van der Waals surface area contributed by atoms with Gasteiger partial charge in [0, 0.05) is 18.5 Å². The highest BCUT2D eigenvalue weighted by Crippen LogP contribution is 2.12. The van der Waals surface area contributed by atoms with Gasteiger partial charge in [0.1, 0.15) is 5.82 Å². The normalized spacial score (nSPS) is 12.6. The van der Waals surface area contributed by atoms with Crippen molar-refractivity contribution in [2.24, 2.45) is 5.92 Å². The number of fused-ring (bicyclic) bond motifs is 1. The van der Waals surface area contributed by atoms with Gasteiger partial charge in [-0.3, -0.25) is 4.79 Å². The van der Waals surface area contributed by atoms with Crippen LogP contribution in [0.4, 0.5) is 5.82 Å². The van der Waals surface area contributed by atoms with Gasteiger partial charge < -0.3 is 15.4 Å². The third kappa shape index (κ3) is 2.65. The fraction of sp³-hybridized carbons (Fsp3) is 0.308. The maximum Gasteiger partial charge on any atom is 0.257 e. The lowest BCUT2D eigenvalue weighted by Crippen LogP contribution is -2.17. The molecule has 90 valence electrons. The number of H-pyrrole nitrogens is 1. The maximum atomic E-state index is 11.8. The summed E-state index contributed by atoms with van der Waals surface area (Å²) in [5.41, 5.74) is -0.0951. The van der Waals surface area contributed by atoms with Gasteiger partial charge in [-0.15, -0.1) is 0 Å². The molecule has 1 unspecified atom stereocenters. The van der Waals surface area contributed by atoms with E-state index < -0.39 is 0 Å². The van der Waals surface area contributed by atoms with Crippen LogP contribution in [0.1, 0.15) is 6.92 Å². The Labute approximate surface area is 99.3 Å². The van der Waals surface area contributed by atoms with Crippen molar-refractivity contribution in [1.29, 1.82) is 0 Å². The Morgan fingerprint density at radius 1 is 1.41 bits per heavy atom. The standard InChI is InChI=1S/C13H16N2O2/c1-9(8-16)7-14-12-6-10-4-2-3-5-11(10)13(17)15-12/h2-6,9,16H,7-8H2,1H3,(H2,14,15,17). The molecular formula is C13H16N2O2. The SMILES string of the molecule is CC(CO)CNc1cc2ccccc2c(=O)[nH]1. The zero-order chi connectivity index (χ0) is 12.3. The Hall–Kier alpha value is -1.81. The van der Waals surface area contributed by atoms with E-state index in [1.54, 1.807) is 6.07 Å². The molecule has 4 nitrogen and oxygen atoms in total. The topological polar surface area (TPSA) is 65.1 Å². The predicted molar refractivity (Wildman–Crippen MR) is 69.3 cm³/mol. The molecule has 0 spiro atoms. The summed E-state index contributed by atoms with van der Waals surface area (Å²) in [6.07, 6.45) is 0. The van der Waals surface area contributed by atoms with Crippen LogP contribution in [0.3, 0.4) is 0 Å². The number of benzene rings is 1. The van der Waals surface area contributed by atoms with Crippen LogP contribution in [-0.4, -0.2) is 23.2 Å². The second kappa shape index (κ2) is 5.01. The van der Waals surface area contributed by atoms with E-state index in [4.69, 9.17) is 5.11 Å². The van der Waals surface area contributed by atoms with Crippen LogP contribution in [-0.2, 0) is 0 Å². The van der Waals surface area contributed by atoms with E-state index >= 15 is 0 Å². The van der Waals surface area contributed by atoms with Crippen LogP contribution < -0.4 is 10.9 Å². The minimum Gasteiger partial charge on any atom is -0.396 e. The molecule has 1 aromatic heterocycles. The Kier molecular flexibility index (Phi) is 3.44. The first-order valence-electron chi connectivity index (χ1n) is 5.67. The maximum absolute atomic E-state index is 11.8. The van der Waals surface area contributed by atoms with Gasteiger partial charge in [0.25, 0.3) is 5.56 Å². The first kappa shape index (κ1) is 11.7. The average Bonchev–Trinajstić information content (AvgIpc) is 2.36. The van der Waals surface area contributed by atoms with Crippen molar-refractivity contribution < 1.29 is 5.11 Å². The summed E-state index contributed by atoms with van der Waals surface area (Å²) in [5, 5.41) is 13.6. The van der Waals surface area contributed by atoms with E-state index in [-0.39, 0.29) is 18.1 Å². The highest BCUT2D eigenvalue weighted by Gasteiger charge is 2.03. The zero-order valence-electron chi connectivity index (χ0n) is 9.73. The minimum absolute atomic E-state index is 0.0951. The molecule has 0 amide bonds. The van der Waals surface area contributed by atoms with E-state index in [2.05, 4.69) is 10.3 Å². The van der Waals surface area contributed by atoms with Crippen molar-refractivity contribution in [2.45, 2.75) is 6.92 Å². The van der Waals surface area contributed by atoms with Crippen molar-refractivity contribution in [3.63, 3.8) is 0 Å². The van der Waals surface area contributed by atoms with E-state index in [0.29, 0.717) is 17.7 Å². The zero-order valence-corrected chi connectivity index (χ0v) is 9.73. The van der Waals surface area contributed by atoms with Gasteiger partial charge in [0.15, 0.2) is 0 Å². The van der Waals surface area contributed by atoms with Crippen LogP contribution in [0.5, 0.6) is 0 Å². The smallest absolute Gasteiger partial charge is 0.257 e. The van der Waals surface area contributed by atoms with Gasteiger partial charge >= 0.3 is 0 Å². The second-order valence-electron chi connectivity index (χ2n) is 4.27. The lowest BCUT2D eigenvalue weighted by Gasteiger charge is -2.11. The molecule has 2 rings (SSSR count). The summed E-state index contributed by atoms with van der Waals surface area (Å²) in [7, 11) is 0. The van der Waals surface area contributed by atoms with E-state index in [1.165, 1.54) is 0 Å². The Bertz CT molecular complexity index is 563. The molecule has 3 N–H and O–H groups in total. The number of hydrogen-bond acceptors (Lipinski definition) is 3. The number of aromatic nitrogens is 1. The summed E-state index contributed by atoms with van der Waals surface area (Å²) in [5.74, 6) is 0.846. The molecule has 17 heavy (non-hydrogen) atoms. The van der Waals surface area contributed by atoms with Crippen molar-refractivity contribution in [1.82, 2.24) is 4.98 Å². The van der Waals surface area contributed by atoms with E-state index in [1.807, 2.05) is 31.2 Å². The van der Waals surface area contributed by atoms with Crippen molar-refractivity contribution in [3.8, 4) is 0 Å². The molecule has 0 saturated carbocycles. The third-order valence-corrected chi connectivity index (χ3v) is 2.71. The fourth-order valence-corrected chi connectivity index (χ4v) is 1.65. The molecule has 0 aliphatic rings. The van der Waals surface area contributed by atoms with Gasteiger partial charge in [-0.2, -0.15) is 0 Å². The van der Waals surface area contributed by atoms with E-state index in [9.17, 15) is 4.79 Å². The number of aliphatic hydroxyl groups is 1. The van der Waals surface area contributed by atoms with E-state index in [0.717, 1.165) is 5.39 Å². The number of aromatic amines is 1. The van der Waals surface area contributed by atoms with Crippen LogP contribution in [0, 0.1) is 5.92 Å². The first-order valence-corrected chi connectivity index (χ1v) is 5.67. The number of nitrogens with one attached hydrogen (secondary N) is 2. The molecular weight excluding hydrogens is 216 g/mol. The van der Waals surface area contributed by atoms with Gasteiger partial charge in [-0.1, -0.05) is 25.1 Å². The fourth-order valence-electron chi connectivity index (χ4n) is 1.65. The third-order valence-electron chi connectivity index (χ3n) is 2.71. The molecule has 1 aromatic carbocycles. The van der Waals surface area contributed by atoms with Crippen molar-refractivity contribution in [3.05, 3.63) is 40.7 Å². The lowest BCUT2D eigenvalue weighted by molar-refractivity contribution is 0.244. The quantitative estimate of drug-likeness (QED) is 0.749. The van der Waals surface area contributed by atoms with Gasteiger partial charge in [-0.05, 0) is 23.4 Å². The number of rotatable bonds is 4. The Balaban J connectivity index is 2.28. The molecule has 1 atom stereocenters. The van der Waals surface area contributed by atoms with Crippen LogP contribution in [0.25, 0.3) is 10.8 Å². The summed E-state index contributed by atoms with van der Waals surface area (Å²) < 4.78 is 0. The summed E-state index contributed by atoms with van der Waals surface area (Å²) in [4.78, 5) is 14.6. The van der Waals surface area contributed by atoms with Crippen LogP contribution in [0.15, 0.2) is 35.1 Å². The monoisotopic (exact) mass is 232 g/mol. The molecule has 0 bridgehead atoms. The lowest BCUT2D eigenvalue weighted by atomic mass is 10.1. The molecule has 0 aliphatic heterocycles. The van der Waals surface area contributed by atoms with Gasteiger partial charge in [-0.25, -0.2) is 0 Å². The first-order chi connectivity index (χ1) is 8.20. The van der Waals surface area contributed by atoms with Gasteiger partial charge in [0.2, 0.25) is 0 Å². The predicted octanol–water partition coefficient (Wildman–Crippen LogP) is 1.57. The Morgan fingerprint density at radius 3 is 2.94 bits per heavy atom. The van der Waals surface area contributed by atoms with Crippen LogP contribution in [0.2, 0.25) is 0 Å². The van der Waals surface area contributed by atoms with Crippen molar-refractivity contribution in [2.75, 3.05) is 18.5 Å². The Morgan fingerprint density at radius 2 is 2.18 bits per heavy atom. The molecule has 0 saturated heterocycles. The minimum atomic E-state index is -0.0951. The summed E-state index contributed by atoms with van der Waals surface area (Å²) >= 11 is 0. The second-order valence-corrected chi connectivity index (χ2v) is 4.27. The number of anilines is 1. The molecule has 4 heteroatoms. The number of hydrogen-bond donors (Lipinski definition) is 3. The summed E-state index contributed by atoms with van der Waals surface area (Å²) in [6, 6.07) is 9.36. The highest BCUT2D eigenvalue weighted by molar-refractivity contribution is 5.83. The largest absolute Gasteiger partial charge is 0.396 e. The summed E-state index contributed by atoms with van der Waals surface area (Å²) in [6.45, 7) is 2.70. The number of pyridine rings is 1. The van der Waals surface area contributed by atoms with Gasteiger partial charge in [0.05, 0.1) is 0 Å². The molecule has 1 heterocycles. The average molecular weight is 232 g/mol. The molecule has 0 fully saturated rings. The molecule has 2 aromatic rings. The van der Waals surface area contributed by atoms with Crippen LogP contribution >= 0.6 is 0 Å². The number of aliphatic hydroxyl groups excluding tert-OH is 1. The molecule has 0 aliphatic carbocycles. The molecule has 0 radical (unpaired) electrons. The van der Waals surface area contributed by atoms with Crippen molar-refractivity contribution >= 4 is 16.6 Å². The highest BCUT2D eigenvalue weighted by atomic mass is 16.3.